The molecule has 0 radical (unpaired) electrons. The lowest BCUT2D eigenvalue weighted by molar-refractivity contribution is -0.256. The fraction of sp³-hybridized carbons (Fsp3) is 0.974. The van der Waals surface area contributed by atoms with Crippen molar-refractivity contribution in [2.75, 3.05) is 32.9 Å². The van der Waals surface area contributed by atoms with E-state index in [0.29, 0.717) is 29.2 Å². The van der Waals surface area contributed by atoms with Gasteiger partial charge in [0.05, 0.1) is 68.5 Å². The van der Waals surface area contributed by atoms with Crippen molar-refractivity contribution < 1.29 is 34.0 Å². The summed E-state index contributed by atoms with van der Waals surface area (Å²) in [4.78, 5) is 14.7. The number of aliphatic hydroxyl groups is 2. The Morgan fingerprint density at radius 2 is 1.75 bits per heavy atom. The standard InChI is InChI=1S/C39H64N2O7/c1-22-17-25(32(35(5,6)44)40-23(2)42)47-31-30(22)36(7)13-14-39-21-38(39)12-11-28(48-29-18-41(15-16-46-29)24-19-45-20-24)34(3,4)26(38)9-10-27(39)37(36,8)33(31)43/h22,24-33,43-44H,9-21H2,1-8H3,(H,40,42)/t22-,25?,26+,27?,28+,29+,30+,31?,32+,33+,36-,37-,38-,39?/m1/s1. The molecule has 5 saturated carbocycles. The van der Waals surface area contributed by atoms with Crippen molar-refractivity contribution in [1.82, 2.24) is 10.2 Å². The topological polar surface area (TPSA) is 110 Å². The van der Waals surface area contributed by atoms with Gasteiger partial charge in [0.2, 0.25) is 5.91 Å². The number of rotatable bonds is 6. The van der Waals surface area contributed by atoms with Crippen molar-refractivity contribution in [2.24, 2.45) is 50.7 Å². The van der Waals surface area contributed by atoms with Gasteiger partial charge in [-0.2, -0.15) is 0 Å². The molecular formula is C39H64N2O7. The Hall–Kier alpha value is -0.810. The Morgan fingerprint density at radius 1 is 1.04 bits per heavy atom. The highest BCUT2D eigenvalue weighted by molar-refractivity contribution is 5.73. The van der Waals surface area contributed by atoms with Gasteiger partial charge in [0.25, 0.3) is 0 Å². The summed E-state index contributed by atoms with van der Waals surface area (Å²) < 4.78 is 25.5. The first-order valence-electron chi connectivity index (χ1n) is 19.4. The smallest absolute Gasteiger partial charge is 0.217 e. The molecule has 8 aliphatic rings. The lowest BCUT2D eigenvalue weighted by Gasteiger charge is -2.64. The van der Waals surface area contributed by atoms with Crippen LogP contribution in [0.5, 0.6) is 0 Å². The molecule has 14 atom stereocenters. The summed E-state index contributed by atoms with van der Waals surface area (Å²) in [6.45, 7) is 21.4. The number of ether oxygens (including phenoxy) is 4. The minimum Gasteiger partial charge on any atom is -0.390 e. The van der Waals surface area contributed by atoms with Gasteiger partial charge in [-0.05, 0) is 111 Å². The van der Waals surface area contributed by atoms with Gasteiger partial charge in [0, 0.05) is 18.9 Å². The van der Waals surface area contributed by atoms with Crippen molar-refractivity contribution in [3.05, 3.63) is 0 Å². The predicted molar refractivity (Wildman–Crippen MR) is 181 cm³/mol. The molecule has 0 aromatic carbocycles. The number of nitrogens with one attached hydrogen (secondary N) is 1. The van der Waals surface area contributed by atoms with E-state index in [1.165, 1.54) is 32.6 Å². The van der Waals surface area contributed by atoms with Crippen molar-refractivity contribution in [3.8, 4) is 0 Å². The van der Waals surface area contributed by atoms with Crippen LogP contribution < -0.4 is 5.32 Å². The van der Waals surface area contributed by atoms with Gasteiger partial charge in [0.1, 0.15) is 0 Å². The number of aliphatic hydroxyl groups excluding tert-OH is 1. The first-order valence-corrected chi connectivity index (χ1v) is 19.4. The molecule has 8 fully saturated rings. The van der Waals surface area contributed by atoms with E-state index in [4.69, 9.17) is 18.9 Å². The summed E-state index contributed by atoms with van der Waals surface area (Å²) in [6, 6.07) is -0.0203. The lowest BCUT2D eigenvalue weighted by atomic mass is 9.41. The van der Waals surface area contributed by atoms with E-state index in [1.54, 1.807) is 13.8 Å². The van der Waals surface area contributed by atoms with Crippen LogP contribution in [0.15, 0.2) is 0 Å². The number of fused-ring (bicyclic) bond motifs is 4. The van der Waals surface area contributed by atoms with Crippen LogP contribution in [0.3, 0.4) is 0 Å². The fourth-order valence-electron chi connectivity index (χ4n) is 14.4. The minimum absolute atomic E-state index is 0.0300. The van der Waals surface area contributed by atoms with Gasteiger partial charge in [-0.1, -0.05) is 34.6 Å². The van der Waals surface area contributed by atoms with E-state index in [-0.39, 0.29) is 58.1 Å². The maximum absolute atomic E-state index is 12.6. The molecule has 1 amide bonds. The summed E-state index contributed by atoms with van der Waals surface area (Å²) in [5.41, 5.74) is -0.762. The van der Waals surface area contributed by atoms with Crippen LogP contribution in [0, 0.1) is 50.7 Å². The first-order chi connectivity index (χ1) is 22.5. The molecule has 3 heterocycles. The van der Waals surface area contributed by atoms with Gasteiger partial charge in [0.15, 0.2) is 6.29 Å². The Labute approximate surface area is 288 Å². The molecule has 48 heavy (non-hydrogen) atoms. The predicted octanol–water partition coefficient (Wildman–Crippen LogP) is 4.52. The third kappa shape index (κ3) is 4.55. The zero-order valence-electron chi connectivity index (χ0n) is 30.9. The number of hydrogen-bond donors (Lipinski definition) is 3. The SMILES string of the molecule is CC(=O)N[C@@H](C1C[C@@H](C)[C@H]2C(O1)[C@H](O)[C@@]1(C)C3CC[C@H]4C(C)(C)[C@@H](O[C@H]5CN(C6COC6)CCO5)CC[C@@]45CC35CC[C@]21C)C(C)(C)O. The van der Waals surface area contributed by atoms with E-state index >= 15 is 0 Å². The third-order valence-electron chi connectivity index (χ3n) is 16.8. The van der Waals surface area contributed by atoms with E-state index in [1.807, 2.05) is 0 Å². The minimum atomic E-state index is -1.14. The van der Waals surface area contributed by atoms with Gasteiger partial charge in [-0.3, -0.25) is 9.69 Å². The average molecular weight is 673 g/mol. The molecule has 2 spiro atoms. The van der Waals surface area contributed by atoms with Crippen molar-refractivity contribution in [1.29, 1.82) is 0 Å². The molecule has 3 aliphatic heterocycles. The van der Waals surface area contributed by atoms with E-state index < -0.39 is 17.7 Å². The highest BCUT2D eigenvalue weighted by Gasteiger charge is 2.84. The largest absolute Gasteiger partial charge is 0.390 e. The molecule has 0 bridgehead atoms. The number of hydrogen-bond acceptors (Lipinski definition) is 8. The number of amides is 1. The lowest BCUT2D eigenvalue weighted by Crippen LogP contribution is -2.60. The summed E-state index contributed by atoms with van der Waals surface area (Å²) >= 11 is 0. The van der Waals surface area contributed by atoms with E-state index in [0.717, 1.165) is 58.6 Å². The molecule has 4 unspecified atom stereocenters. The van der Waals surface area contributed by atoms with Crippen LogP contribution in [-0.4, -0.2) is 102 Å². The highest BCUT2D eigenvalue weighted by Crippen LogP contribution is 2.89. The molecule has 272 valence electrons. The van der Waals surface area contributed by atoms with Crippen LogP contribution in [0.25, 0.3) is 0 Å². The summed E-state index contributed by atoms with van der Waals surface area (Å²) in [7, 11) is 0. The molecule has 0 aromatic rings. The van der Waals surface area contributed by atoms with E-state index in [2.05, 4.69) is 44.8 Å². The molecule has 3 saturated heterocycles. The second kappa shape index (κ2) is 11.1. The van der Waals surface area contributed by atoms with Crippen LogP contribution in [0.1, 0.15) is 107 Å². The third-order valence-corrected chi connectivity index (χ3v) is 16.8. The molecule has 8 rings (SSSR count). The normalized spacial score (nSPS) is 52.1. The van der Waals surface area contributed by atoms with Crippen molar-refractivity contribution >= 4 is 5.91 Å². The quantitative estimate of drug-likeness (QED) is 0.378. The van der Waals surface area contributed by atoms with Crippen LogP contribution in [0.4, 0.5) is 0 Å². The zero-order chi connectivity index (χ0) is 34.2. The molecule has 0 aromatic heterocycles. The summed E-state index contributed by atoms with van der Waals surface area (Å²) in [6.07, 6.45) is 7.86. The average Bonchev–Trinajstić information content (AvgIpc) is 3.61. The van der Waals surface area contributed by atoms with Gasteiger partial charge in [-0.25, -0.2) is 0 Å². The van der Waals surface area contributed by atoms with Gasteiger partial charge >= 0.3 is 0 Å². The van der Waals surface area contributed by atoms with Crippen LogP contribution in [0.2, 0.25) is 0 Å². The zero-order valence-corrected chi connectivity index (χ0v) is 30.9. The van der Waals surface area contributed by atoms with E-state index in [9.17, 15) is 15.0 Å². The molecule has 9 heteroatoms. The Morgan fingerprint density at radius 3 is 2.42 bits per heavy atom. The second-order valence-electron chi connectivity index (χ2n) is 19.5. The number of carbonyl (C=O) groups is 1. The summed E-state index contributed by atoms with van der Waals surface area (Å²) in [5.74, 6) is 1.47. The van der Waals surface area contributed by atoms with Crippen molar-refractivity contribution in [3.63, 3.8) is 0 Å². The summed E-state index contributed by atoms with van der Waals surface area (Å²) in [5, 5.41) is 26.7. The number of morpholine rings is 1. The monoisotopic (exact) mass is 672 g/mol. The molecular weight excluding hydrogens is 608 g/mol. The Kier molecular flexibility index (Phi) is 7.93. The van der Waals surface area contributed by atoms with Crippen LogP contribution >= 0.6 is 0 Å². The fourth-order valence-corrected chi connectivity index (χ4v) is 14.4. The molecule has 5 aliphatic carbocycles. The first kappa shape index (κ1) is 34.3. The highest BCUT2D eigenvalue weighted by atomic mass is 16.7. The molecule has 3 N–H and O–H groups in total. The number of carbonyl (C=O) groups excluding carboxylic acids is 1. The van der Waals surface area contributed by atoms with Crippen LogP contribution in [-0.2, 0) is 23.7 Å². The maximum atomic E-state index is 12.6. The van der Waals surface area contributed by atoms with Gasteiger partial charge in [-0.15, -0.1) is 0 Å². The van der Waals surface area contributed by atoms with Crippen molar-refractivity contribution in [2.45, 2.75) is 155 Å². The van der Waals surface area contributed by atoms with Gasteiger partial charge < -0.3 is 34.5 Å². The Bertz CT molecular complexity index is 1280. The Balaban J connectivity index is 1.03. The maximum Gasteiger partial charge on any atom is 0.217 e. The molecule has 9 nitrogen and oxygen atoms in total. The second-order valence-corrected chi connectivity index (χ2v) is 19.5. The number of nitrogens with zero attached hydrogens (tertiary/aromatic N) is 1.